The second kappa shape index (κ2) is 12.5. The number of nitrogens with zero attached hydrogens (tertiary/aromatic N) is 1. The molecule has 3 atom stereocenters. The third-order valence-corrected chi connectivity index (χ3v) is 6.90. The summed E-state index contributed by atoms with van der Waals surface area (Å²) in [7, 11) is 0. The predicted octanol–water partition coefficient (Wildman–Crippen LogP) is 2.95. The van der Waals surface area contributed by atoms with Crippen LogP contribution in [0.2, 0.25) is 0 Å². The number of nitrogens with one attached hydrogen (secondary N) is 1. The van der Waals surface area contributed by atoms with Crippen molar-refractivity contribution < 1.29 is 24.2 Å². The maximum Gasteiger partial charge on any atom is 0.306 e. The molecule has 2 amide bonds. The van der Waals surface area contributed by atoms with Gasteiger partial charge in [-0.2, -0.15) is 0 Å². The normalized spacial score (nSPS) is 23.0. The minimum atomic E-state index is -0.557. The molecule has 2 aromatic carbocycles. The number of hydrogen-bond acceptors (Lipinski definition) is 5. The quantitative estimate of drug-likeness (QED) is 0.496. The van der Waals surface area contributed by atoms with Gasteiger partial charge in [-0.05, 0) is 42.4 Å². The lowest BCUT2D eigenvalue weighted by Gasteiger charge is -2.36. The lowest BCUT2D eigenvalue weighted by atomic mass is 9.92. The molecule has 0 bridgehead atoms. The van der Waals surface area contributed by atoms with Crippen LogP contribution in [0.25, 0.3) is 0 Å². The number of benzene rings is 2. The molecule has 2 heterocycles. The van der Waals surface area contributed by atoms with Crippen molar-refractivity contribution in [3.8, 4) is 0 Å². The molecular formula is C29H34N2O5. The van der Waals surface area contributed by atoms with Gasteiger partial charge < -0.3 is 20.1 Å². The first-order chi connectivity index (χ1) is 17.5. The van der Waals surface area contributed by atoms with E-state index in [-0.39, 0.29) is 49.9 Å². The fraction of sp³-hybridized carbons (Fsp3) is 0.414. The number of ether oxygens (including phenoxy) is 1. The van der Waals surface area contributed by atoms with Gasteiger partial charge in [-0.1, -0.05) is 66.7 Å². The molecule has 0 fully saturated rings. The highest BCUT2D eigenvalue weighted by molar-refractivity contribution is 5.86. The van der Waals surface area contributed by atoms with Gasteiger partial charge in [0.25, 0.3) is 0 Å². The monoisotopic (exact) mass is 490 g/mol. The topological polar surface area (TPSA) is 95.9 Å². The van der Waals surface area contributed by atoms with E-state index >= 15 is 0 Å². The summed E-state index contributed by atoms with van der Waals surface area (Å²) in [5, 5.41) is 13.0. The third kappa shape index (κ3) is 6.82. The largest absolute Gasteiger partial charge is 0.463 e. The molecule has 190 valence electrons. The summed E-state index contributed by atoms with van der Waals surface area (Å²) in [6.45, 7) is 0.387. The summed E-state index contributed by atoms with van der Waals surface area (Å²) < 4.78 is 5.43. The maximum atomic E-state index is 13.4. The lowest BCUT2D eigenvalue weighted by Crippen LogP contribution is -2.48. The molecule has 2 N–H and O–H groups in total. The number of rotatable bonds is 5. The maximum absolute atomic E-state index is 13.4. The van der Waals surface area contributed by atoms with Gasteiger partial charge >= 0.3 is 5.97 Å². The van der Waals surface area contributed by atoms with Gasteiger partial charge in [0.15, 0.2) is 0 Å². The van der Waals surface area contributed by atoms with E-state index in [9.17, 15) is 19.5 Å². The van der Waals surface area contributed by atoms with Crippen molar-refractivity contribution in [1.29, 1.82) is 0 Å². The van der Waals surface area contributed by atoms with Crippen molar-refractivity contribution in [2.45, 2.75) is 57.2 Å². The summed E-state index contributed by atoms with van der Waals surface area (Å²) in [6, 6.07) is 17.0. The van der Waals surface area contributed by atoms with E-state index in [2.05, 4.69) is 5.32 Å². The van der Waals surface area contributed by atoms with E-state index in [4.69, 9.17) is 4.74 Å². The minimum absolute atomic E-state index is 0.0483. The molecule has 0 unspecified atom stereocenters. The Bertz CT molecular complexity index is 1080. The second-order valence-corrected chi connectivity index (χ2v) is 9.56. The van der Waals surface area contributed by atoms with Crippen LogP contribution in [0.5, 0.6) is 0 Å². The summed E-state index contributed by atoms with van der Waals surface area (Å²) >= 11 is 0. The Morgan fingerprint density at radius 2 is 1.78 bits per heavy atom. The number of aliphatic hydroxyl groups excluding tert-OH is 1. The third-order valence-electron chi connectivity index (χ3n) is 6.90. The molecule has 2 aliphatic rings. The highest BCUT2D eigenvalue weighted by Gasteiger charge is 2.32. The number of fused-ring (bicyclic) bond motifs is 1. The lowest BCUT2D eigenvalue weighted by molar-refractivity contribution is -0.145. The van der Waals surface area contributed by atoms with Crippen LogP contribution in [0.4, 0.5) is 0 Å². The molecule has 0 saturated heterocycles. The van der Waals surface area contributed by atoms with Crippen LogP contribution < -0.4 is 5.32 Å². The number of carbonyl (C=O) groups is 3. The van der Waals surface area contributed by atoms with Gasteiger partial charge in [-0.3, -0.25) is 14.4 Å². The van der Waals surface area contributed by atoms with E-state index in [1.54, 1.807) is 4.90 Å². The number of cyclic esters (lactones) is 1. The summed E-state index contributed by atoms with van der Waals surface area (Å²) in [5.41, 5.74) is 3.24. The van der Waals surface area contributed by atoms with E-state index in [1.807, 2.05) is 66.7 Å². The van der Waals surface area contributed by atoms with Crippen LogP contribution in [-0.4, -0.2) is 53.1 Å². The predicted molar refractivity (Wildman–Crippen MR) is 136 cm³/mol. The van der Waals surface area contributed by atoms with Crippen LogP contribution in [-0.2, 0) is 38.5 Å². The van der Waals surface area contributed by atoms with Gasteiger partial charge in [0.05, 0.1) is 24.6 Å². The van der Waals surface area contributed by atoms with Gasteiger partial charge in [0.2, 0.25) is 11.8 Å². The Hall–Kier alpha value is -3.45. The van der Waals surface area contributed by atoms with Crippen molar-refractivity contribution in [3.05, 3.63) is 83.4 Å². The Morgan fingerprint density at radius 3 is 2.56 bits per heavy atom. The summed E-state index contributed by atoms with van der Waals surface area (Å²) in [5.74, 6) is -1.22. The van der Waals surface area contributed by atoms with Gasteiger partial charge in [-0.25, -0.2) is 0 Å². The fourth-order valence-electron chi connectivity index (χ4n) is 4.87. The summed E-state index contributed by atoms with van der Waals surface area (Å²) in [4.78, 5) is 40.6. The first kappa shape index (κ1) is 25.6. The fourth-order valence-corrected chi connectivity index (χ4v) is 4.87. The second-order valence-electron chi connectivity index (χ2n) is 9.56. The minimum Gasteiger partial charge on any atom is -0.463 e. The number of allylic oxidation sites excluding steroid dienone is 2. The standard InChI is InChI=1S/C29H34N2O5/c32-19-26-16-22-11-7-8-13-24(22)18-31(26)27(33)17-23-12-5-2-6-14-28(34)36-20-25(30-29(23)35)15-21-9-3-1-4-10-21/h1-5,7-11,13,23,25-26,32H,6,12,14-20H2,(H,30,35)/t23-,25+,26+/m1/s1. The van der Waals surface area contributed by atoms with Crippen LogP contribution in [0, 0.1) is 5.92 Å². The number of esters is 1. The zero-order valence-corrected chi connectivity index (χ0v) is 20.5. The highest BCUT2D eigenvalue weighted by Crippen LogP contribution is 2.25. The smallest absolute Gasteiger partial charge is 0.306 e. The first-order valence-corrected chi connectivity index (χ1v) is 12.7. The molecule has 7 heteroatoms. The highest BCUT2D eigenvalue weighted by atomic mass is 16.5. The van der Waals surface area contributed by atoms with E-state index < -0.39 is 12.0 Å². The van der Waals surface area contributed by atoms with E-state index in [1.165, 1.54) is 0 Å². The SMILES string of the molecule is O=C1CCC=CC[C@H](CC(=O)N2Cc3ccccc3C[C@H]2CO)C(=O)N[C@@H](Cc2ccccc2)CO1. The van der Waals surface area contributed by atoms with Crippen molar-refractivity contribution in [2.24, 2.45) is 5.92 Å². The number of amides is 2. The Labute approximate surface area is 212 Å². The van der Waals surface area contributed by atoms with Gasteiger partial charge in [0, 0.05) is 19.4 Å². The average molecular weight is 491 g/mol. The molecule has 4 rings (SSSR count). The average Bonchev–Trinajstić information content (AvgIpc) is 2.89. The zero-order chi connectivity index (χ0) is 25.3. The van der Waals surface area contributed by atoms with Crippen LogP contribution in [0.15, 0.2) is 66.7 Å². The molecule has 2 aromatic rings. The van der Waals surface area contributed by atoms with Crippen molar-refractivity contribution >= 4 is 17.8 Å². The number of hydrogen-bond donors (Lipinski definition) is 2. The van der Waals surface area contributed by atoms with Gasteiger partial charge in [0.1, 0.15) is 6.61 Å². The van der Waals surface area contributed by atoms with E-state index in [0.29, 0.717) is 32.2 Å². The Balaban J connectivity index is 1.49. The van der Waals surface area contributed by atoms with Crippen molar-refractivity contribution in [1.82, 2.24) is 10.2 Å². The molecule has 7 nitrogen and oxygen atoms in total. The molecule has 0 radical (unpaired) electrons. The molecule has 2 aliphatic heterocycles. The first-order valence-electron chi connectivity index (χ1n) is 12.7. The molecule has 0 saturated carbocycles. The number of carbonyl (C=O) groups excluding carboxylic acids is 3. The number of aliphatic hydroxyl groups is 1. The van der Waals surface area contributed by atoms with E-state index in [0.717, 1.165) is 16.7 Å². The Morgan fingerprint density at radius 1 is 1.03 bits per heavy atom. The summed E-state index contributed by atoms with van der Waals surface area (Å²) in [6.07, 6.45) is 6.10. The van der Waals surface area contributed by atoms with Crippen molar-refractivity contribution in [2.75, 3.05) is 13.2 Å². The Kier molecular flexibility index (Phi) is 8.90. The molecule has 0 spiro atoms. The molecule has 0 aliphatic carbocycles. The van der Waals surface area contributed by atoms with Crippen LogP contribution in [0.3, 0.4) is 0 Å². The molecule has 36 heavy (non-hydrogen) atoms. The zero-order valence-electron chi connectivity index (χ0n) is 20.5. The molecular weight excluding hydrogens is 456 g/mol. The van der Waals surface area contributed by atoms with Crippen LogP contribution in [0.1, 0.15) is 42.4 Å². The molecule has 0 aromatic heterocycles. The van der Waals surface area contributed by atoms with Gasteiger partial charge in [-0.15, -0.1) is 0 Å². The van der Waals surface area contributed by atoms with Crippen molar-refractivity contribution in [3.63, 3.8) is 0 Å². The van der Waals surface area contributed by atoms with Crippen LogP contribution >= 0.6 is 0 Å².